The van der Waals surface area contributed by atoms with Crippen molar-refractivity contribution in [2.75, 3.05) is 26.4 Å². The Hall–Kier alpha value is -0.990. The van der Waals surface area contributed by atoms with Gasteiger partial charge in [0.05, 0.1) is 13.2 Å². The molecule has 0 rings (SSSR count). The zero-order valence-corrected chi connectivity index (χ0v) is 25.1. The summed E-state index contributed by atoms with van der Waals surface area (Å²) in [6.07, 6.45) is 22.2. The number of phosphoric ester groups is 1. The van der Waals surface area contributed by atoms with Gasteiger partial charge in [-0.25, -0.2) is 4.57 Å². The molecule has 0 aromatic carbocycles. The summed E-state index contributed by atoms with van der Waals surface area (Å²) in [4.78, 5) is 32.8. The van der Waals surface area contributed by atoms with Crippen molar-refractivity contribution in [1.82, 2.24) is 0 Å². The SMILES string of the molecule is CCCCCCCCCCCCCCCCCCCCC(=O)OC(COC(C)=O)COP(=O)(O)OCCN. The molecule has 9 nitrogen and oxygen atoms in total. The van der Waals surface area contributed by atoms with Crippen LogP contribution in [0.15, 0.2) is 0 Å². The van der Waals surface area contributed by atoms with Crippen molar-refractivity contribution in [3.8, 4) is 0 Å². The van der Waals surface area contributed by atoms with Crippen LogP contribution >= 0.6 is 7.82 Å². The van der Waals surface area contributed by atoms with E-state index < -0.39 is 32.5 Å². The highest BCUT2D eigenvalue weighted by Gasteiger charge is 2.25. The Morgan fingerprint density at radius 2 is 1.18 bits per heavy atom. The first-order chi connectivity index (χ1) is 18.3. The van der Waals surface area contributed by atoms with Crippen LogP contribution in [0.3, 0.4) is 0 Å². The Labute approximate surface area is 231 Å². The molecular weight excluding hydrogens is 509 g/mol. The van der Waals surface area contributed by atoms with Crippen LogP contribution in [-0.4, -0.2) is 49.3 Å². The van der Waals surface area contributed by atoms with Crippen LogP contribution in [0.1, 0.15) is 136 Å². The molecule has 0 aliphatic heterocycles. The zero-order chi connectivity index (χ0) is 28.3. The maximum absolute atomic E-state index is 12.2. The van der Waals surface area contributed by atoms with Crippen molar-refractivity contribution in [1.29, 1.82) is 0 Å². The quantitative estimate of drug-likeness (QED) is 0.0585. The van der Waals surface area contributed by atoms with Crippen molar-refractivity contribution < 1.29 is 37.6 Å². The fourth-order valence-electron chi connectivity index (χ4n) is 4.12. The maximum atomic E-state index is 12.2. The molecule has 10 heteroatoms. The second kappa shape index (κ2) is 26.2. The van der Waals surface area contributed by atoms with Crippen molar-refractivity contribution in [2.45, 2.75) is 142 Å². The topological polar surface area (TPSA) is 134 Å². The Bertz CT molecular complexity index is 620. The van der Waals surface area contributed by atoms with Gasteiger partial charge in [0, 0.05) is 19.9 Å². The van der Waals surface area contributed by atoms with Crippen LogP contribution in [0, 0.1) is 0 Å². The highest BCUT2D eigenvalue weighted by Crippen LogP contribution is 2.43. The van der Waals surface area contributed by atoms with Gasteiger partial charge in [-0.1, -0.05) is 116 Å². The second-order valence-corrected chi connectivity index (χ2v) is 11.5. The lowest BCUT2D eigenvalue weighted by atomic mass is 10.0. The number of esters is 2. The molecule has 0 fully saturated rings. The van der Waals surface area contributed by atoms with E-state index in [-0.39, 0.29) is 26.2 Å². The minimum Gasteiger partial charge on any atom is -0.462 e. The molecule has 0 spiro atoms. The lowest BCUT2D eigenvalue weighted by Crippen LogP contribution is -2.29. The molecule has 0 aliphatic carbocycles. The minimum absolute atomic E-state index is 0.0547. The van der Waals surface area contributed by atoms with Gasteiger partial charge in [-0.05, 0) is 6.42 Å². The summed E-state index contributed by atoms with van der Waals surface area (Å²) in [6, 6.07) is 0. The predicted octanol–water partition coefficient (Wildman–Crippen LogP) is 6.99. The van der Waals surface area contributed by atoms with Gasteiger partial charge < -0.3 is 20.1 Å². The number of unbranched alkanes of at least 4 members (excludes halogenated alkanes) is 17. The maximum Gasteiger partial charge on any atom is 0.472 e. The van der Waals surface area contributed by atoms with Crippen LogP contribution in [0.25, 0.3) is 0 Å². The summed E-state index contributed by atoms with van der Waals surface area (Å²) in [6.45, 7) is 2.69. The lowest BCUT2D eigenvalue weighted by molar-refractivity contribution is -0.160. The molecule has 0 bridgehead atoms. The standard InChI is InChI=1S/C28H56NO8P/c1-3-4-5-6-7-8-9-10-11-12-13-14-15-16-17-18-19-20-21-28(31)37-27(24-34-26(2)30)25-36-38(32,33)35-23-22-29/h27H,3-25,29H2,1-2H3,(H,32,33). The Morgan fingerprint density at radius 3 is 1.61 bits per heavy atom. The van der Waals surface area contributed by atoms with E-state index in [0.29, 0.717) is 6.42 Å². The normalized spacial score (nSPS) is 13.7. The van der Waals surface area contributed by atoms with Crippen molar-refractivity contribution in [3.05, 3.63) is 0 Å². The molecule has 2 unspecified atom stereocenters. The fourth-order valence-corrected chi connectivity index (χ4v) is 4.89. The average molecular weight is 566 g/mol. The van der Waals surface area contributed by atoms with E-state index in [2.05, 4.69) is 11.4 Å². The van der Waals surface area contributed by atoms with Crippen LogP contribution < -0.4 is 5.73 Å². The number of phosphoric acid groups is 1. The second-order valence-electron chi connectivity index (χ2n) is 10.1. The first-order valence-electron chi connectivity index (χ1n) is 15.0. The molecule has 0 aromatic rings. The number of carbonyl (C=O) groups excluding carboxylic acids is 2. The molecule has 2 atom stereocenters. The van der Waals surface area contributed by atoms with Gasteiger partial charge in [0.2, 0.25) is 0 Å². The Morgan fingerprint density at radius 1 is 0.737 bits per heavy atom. The molecule has 3 N–H and O–H groups in total. The number of hydrogen-bond donors (Lipinski definition) is 2. The van der Waals surface area contributed by atoms with Crippen LogP contribution in [0.5, 0.6) is 0 Å². The molecule has 226 valence electrons. The van der Waals surface area contributed by atoms with E-state index in [9.17, 15) is 19.0 Å². The largest absolute Gasteiger partial charge is 0.472 e. The van der Waals surface area contributed by atoms with Gasteiger partial charge in [0.1, 0.15) is 6.61 Å². The third-order valence-corrected chi connectivity index (χ3v) is 7.29. The summed E-state index contributed by atoms with van der Waals surface area (Å²) in [5, 5.41) is 0. The summed E-state index contributed by atoms with van der Waals surface area (Å²) in [7, 11) is -4.32. The van der Waals surface area contributed by atoms with Crippen molar-refractivity contribution in [2.24, 2.45) is 5.73 Å². The summed E-state index contributed by atoms with van der Waals surface area (Å²) < 4.78 is 31.4. The predicted molar refractivity (Wildman–Crippen MR) is 151 cm³/mol. The molecule has 0 aromatic heterocycles. The molecule has 0 radical (unpaired) electrons. The van der Waals surface area contributed by atoms with E-state index in [1.165, 1.54) is 103 Å². The summed E-state index contributed by atoms with van der Waals surface area (Å²) >= 11 is 0. The van der Waals surface area contributed by atoms with E-state index in [1.54, 1.807) is 0 Å². The van der Waals surface area contributed by atoms with Gasteiger partial charge in [-0.2, -0.15) is 0 Å². The third-order valence-electron chi connectivity index (χ3n) is 6.30. The third kappa shape index (κ3) is 26.6. The van der Waals surface area contributed by atoms with Crippen LogP contribution in [0.4, 0.5) is 0 Å². The molecule has 0 heterocycles. The van der Waals surface area contributed by atoms with Crippen LogP contribution in [-0.2, 0) is 32.7 Å². The number of carbonyl (C=O) groups is 2. The fraction of sp³-hybridized carbons (Fsp3) is 0.929. The number of ether oxygens (including phenoxy) is 2. The Balaban J connectivity index is 3.74. The molecule has 38 heavy (non-hydrogen) atoms. The van der Waals surface area contributed by atoms with Gasteiger partial charge in [-0.15, -0.1) is 0 Å². The van der Waals surface area contributed by atoms with Crippen LogP contribution in [0.2, 0.25) is 0 Å². The van der Waals surface area contributed by atoms with Crippen molar-refractivity contribution in [3.63, 3.8) is 0 Å². The van der Waals surface area contributed by atoms with Gasteiger partial charge in [0.25, 0.3) is 0 Å². The van der Waals surface area contributed by atoms with E-state index in [4.69, 9.17) is 19.7 Å². The Kier molecular flexibility index (Phi) is 25.6. The molecule has 0 aliphatic rings. The van der Waals surface area contributed by atoms with Gasteiger partial charge >= 0.3 is 19.8 Å². The highest BCUT2D eigenvalue weighted by atomic mass is 31.2. The first kappa shape index (κ1) is 37.0. The zero-order valence-electron chi connectivity index (χ0n) is 24.2. The van der Waals surface area contributed by atoms with E-state index in [1.807, 2.05) is 0 Å². The first-order valence-corrected chi connectivity index (χ1v) is 16.4. The van der Waals surface area contributed by atoms with Gasteiger partial charge in [0.15, 0.2) is 6.10 Å². The summed E-state index contributed by atoms with van der Waals surface area (Å²) in [5.74, 6) is -1.01. The summed E-state index contributed by atoms with van der Waals surface area (Å²) in [5.41, 5.74) is 5.24. The lowest BCUT2D eigenvalue weighted by Gasteiger charge is -2.19. The highest BCUT2D eigenvalue weighted by molar-refractivity contribution is 7.47. The number of rotatable bonds is 28. The van der Waals surface area contributed by atoms with Gasteiger partial charge in [-0.3, -0.25) is 18.6 Å². The van der Waals surface area contributed by atoms with E-state index >= 15 is 0 Å². The number of hydrogen-bond acceptors (Lipinski definition) is 8. The van der Waals surface area contributed by atoms with Crippen molar-refractivity contribution >= 4 is 19.8 Å². The smallest absolute Gasteiger partial charge is 0.462 e. The molecule has 0 saturated heterocycles. The number of nitrogens with two attached hydrogens (primary N) is 1. The molecule has 0 saturated carbocycles. The monoisotopic (exact) mass is 565 g/mol. The minimum atomic E-state index is -4.32. The molecular formula is C28H56NO8P. The average Bonchev–Trinajstić information content (AvgIpc) is 2.88. The molecule has 0 amide bonds. The van der Waals surface area contributed by atoms with E-state index in [0.717, 1.165) is 12.8 Å².